The number of carbonyl (C=O) groups is 1. The number of fused-ring (bicyclic) bond motifs is 1. The number of aliphatic hydroxyl groups excluding tert-OH is 2. The van der Waals surface area contributed by atoms with Gasteiger partial charge in [0.25, 0.3) is 0 Å². The predicted octanol–water partition coefficient (Wildman–Crippen LogP) is 3.22. The minimum atomic E-state index is -1.18. The van der Waals surface area contributed by atoms with E-state index in [1.807, 2.05) is 18.2 Å². The van der Waals surface area contributed by atoms with Crippen molar-refractivity contribution in [3.8, 4) is 5.75 Å². The van der Waals surface area contributed by atoms with Crippen molar-refractivity contribution in [1.82, 2.24) is 0 Å². The molecule has 24 heavy (non-hydrogen) atoms. The summed E-state index contributed by atoms with van der Waals surface area (Å²) in [5, 5.41) is 28.2. The molecule has 0 saturated heterocycles. The second kappa shape index (κ2) is 9.04. The van der Waals surface area contributed by atoms with Crippen LogP contribution >= 0.6 is 0 Å². The number of carboxylic acid groups (broad SMARTS) is 1. The lowest BCUT2D eigenvalue weighted by Crippen LogP contribution is -2.37. The second-order valence-corrected chi connectivity index (χ2v) is 6.63. The Bertz CT molecular complexity index is 543. The molecule has 1 heterocycles. The zero-order chi connectivity index (χ0) is 17.5. The maximum Gasteiger partial charge on any atom is 0.303 e. The van der Waals surface area contributed by atoms with Gasteiger partial charge in [-0.15, -0.1) is 0 Å². The van der Waals surface area contributed by atoms with Gasteiger partial charge in [-0.05, 0) is 42.4 Å². The van der Waals surface area contributed by atoms with Crippen molar-refractivity contribution in [3.63, 3.8) is 0 Å². The van der Waals surface area contributed by atoms with Gasteiger partial charge in [0.05, 0.1) is 0 Å². The number of unbranched alkanes of at least 4 members (excludes halogenated alkanes) is 2. The standard InChI is InChI=1S/C19H28O5/c1-2-3-4-6-13(7-5-8-18(21)22)14-9-10-15-11-16(20)19(23)24-17(15)12-14/h9-10,12-13,16,19-20,23H,2-8,11H2,1H3,(H,21,22). The number of hydrogen-bond donors (Lipinski definition) is 3. The molecule has 0 radical (unpaired) electrons. The predicted molar refractivity (Wildman–Crippen MR) is 91.2 cm³/mol. The summed E-state index contributed by atoms with van der Waals surface area (Å²) in [6.45, 7) is 2.17. The van der Waals surface area contributed by atoms with Crippen LogP contribution in [0.25, 0.3) is 0 Å². The molecule has 0 bridgehead atoms. The molecule has 3 atom stereocenters. The molecular formula is C19H28O5. The molecule has 5 nitrogen and oxygen atoms in total. The van der Waals surface area contributed by atoms with Crippen LogP contribution in [0.4, 0.5) is 0 Å². The zero-order valence-corrected chi connectivity index (χ0v) is 14.3. The van der Waals surface area contributed by atoms with Crippen molar-refractivity contribution in [2.45, 2.75) is 76.6 Å². The first-order valence-electron chi connectivity index (χ1n) is 8.88. The smallest absolute Gasteiger partial charge is 0.303 e. The fourth-order valence-electron chi connectivity index (χ4n) is 3.26. The lowest BCUT2D eigenvalue weighted by atomic mass is 9.87. The number of aliphatic carboxylic acids is 1. The monoisotopic (exact) mass is 336 g/mol. The van der Waals surface area contributed by atoms with E-state index in [9.17, 15) is 15.0 Å². The van der Waals surface area contributed by atoms with Gasteiger partial charge in [0, 0.05) is 12.8 Å². The molecule has 0 aromatic heterocycles. The van der Waals surface area contributed by atoms with Crippen LogP contribution in [0.2, 0.25) is 0 Å². The van der Waals surface area contributed by atoms with Gasteiger partial charge in [-0.25, -0.2) is 0 Å². The maximum atomic E-state index is 10.8. The Morgan fingerprint density at radius 1 is 1.25 bits per heavy atom. The Morgan fingerprint density at radius 2 is 2.00 bits per heavy atom. The van der Waals surface area contributed by atoms with Crippen LogP contribution in [0, 0.1) is 0 Å². The van der Waals surface area contributed by atoms with Gasteiger partial charge >= 0.3 is 5.97 Å². The van der Waals surface area contributed by atoms with Crippen molar-refractivity contribution in [2.75, 3.05) is 0 Å². The third-order valence-electron chi connectivity index (χ3n) is 4.67. The summed E-state index contributed by atoms with van der Waals surface area (Å²) in [6.07, 6.45) is 4.46. The first-order valence-corrected chi connectivity index (χ1v) is 8.88. The van der Waals surface area contributed by atoms with E-state index >= 15 is 0 Å². The molecule has 0 fully saturated rings. The van der Waals surface area contributed by atoms with Gasteiger partial charge in [0.1, 0.15) is 11.9 Å². The van der Waals surface area contributed by atoms with Crippen LogP contribution in [0.1, 0.15) is 68.9 Å². The van der Waals surface area contributed by atoms with Crippen LogP contribution in [-0.2, 0) is 11.2 Å². The fraction of sp³-hybridized carbons (Fsp3) is 0.632. The van der Waals surface area contributed by atoms with Gasteiger partial charge in [-0.2, -0.15) is 0 Å². The molecule has 1 aromatic carbocycles. The quantitative estimate of drug-likeness (QED) is 0.603. The van der Waals surface area contributed by atoms with Crippen LogP contribution in [0.3, 0.4) is 0 Å². The highest BCUT2D eigenvalue weighted by atomic mass is 16.6. The minimum Gasteiger partial charge on any atom is -0.481 e. The Hall–Kier alpha value is -1.59. The number of ether oxygens (including phenoxy) is 1. The minimum absolute atomic E-state index is 0.191. The second-order valence-electron chi connectivity index (χ2n) is 6.63. The summed E-state index contributed by atoms with van der Waals surface area (Å²) in [5.41, 5.74) is 2.02. The van der Waals surface area contributed by atoms with Gasteiger partial charge in [-0.3, -0.25) is 4.79 Å². The Kier molecular flexibility index (Phi) is 7.06. The highest BCUT2D eigenvalue weighted by Gasteiger charge is 2.27. The van der Waals surface area contributed by atoms with Crippen LogP contribution < -0.4 is 4.74 Å². The molecule has 3 N–H and O–H groups in total. The molecule has 0 amide bonds. The normalized spacial score (nSPS) is 21.0. The van der Waals surface area contributed by atoms with Crippen LogP contribution in [0.5, 0.6) is 5.75 Å². The Balaban J connectivity index is 2.09. The van der Waals surface area contributed by atoms with E-state index in [0.717, 1.165) is 36.8 Å². The first kappa shape index (κ1) is 18.7. The number of rotatable bonds is 9. The summed E-state index contributed by atoms with van der Waals surface area (Å²) in [5.74, 6) is 0.172. The van der Waals surface area contributed by atoms with E-state index in [1.54, 1.807) is 0 Å². The number of benzene rings is 1. The third-order valence-corrected chi connectivity index (χ3v) is 4.67. The molecule has 2 rings (SSSR count). The lowest BCUT2D eigenvalue weighted by molar-refractivity contribution is -0.137. The number of aliphatic hydroxyl groups is 2. The Labute approximate surface area is 143 Å². The molecule has 1 aliphatic heterocycles. The Morgan fingerprint density at radius 3 is 2.71 bits per heavy atom. The average molecular weight is 336 g/mol. The summed E-state index contributed by atoms with van der Waals surface area (Å²) in [7, 11) is 0. The SMILES string of the molecule is CCCCCC(CCCC(=O)O)c1ccc2c(c1)OC(O)C(O)C2. The van der Waals surface area contributed by atoms with E-state index in [1.165, 1.54) is 6.42 Å². The molecule has 1 aliphatic rings. The van der Waals surface area contributed by atoms with E-state index in [2.05, 4.69) is 6.92 Å². The highest BCUT2D eigenvalue weighted by Crippen LogP contribution is 2.34. The van der Waals surface area contributed by atoms with E-state index in [0.29, 0.717) is 24.5 Å². The number of carboxylic acids is 1. The van der Waals surface area contributed by atoms with Crippen molar-refractivity contribution >= 4 is 5.97 Å². The van der Waals surface area contributed by atoms with E-state index in [4.69, 9.17) is 9.84 Å². The van der Waals surface area contributed by atoms with E-state index < -0.39 is 18.4 Å². The van der Waals surface area contributed by atoms with Crippen LogP contribution in [0.15, 0.2) is 18.2 Å². The van der Waals surface area contributed by atoms with Gasteiger partial charge in [-0.1, -0.05) is 38.3 Å². The fourth-order valence-corrected chi connectivity index (χ4v) is 3.26. The molecule has 0 saturated carbocycles. The molecule has 134 valence electrons. The molecular weight excluding hydrogens is 308 g/mol. The van der Waals surface area contributed by atoms with Crippen molar-refractivity contribution < 1.29 is 24.9 Å². The largest absolute Gasteiger partial charge is 0.481 e. The summed E-state index contributed by atoms with van der Waals surface area (Å²) < 4.78 is 5.41. The molecule has 5 heteroatoms. The molecule has 3 unspecified atom stereocenters. The van der Waals surface area contributed by atoms with Crippen molar-refractivity contribution in [3.05, 3.63) is 29.3 Å². The number of hydrogen-bond acceptors (Lipinski definition) is 4. The van der Waals surface area contributed by atoms with E-state index in [-0.39, 0.29) is 6.42 Å². The van der Waals surface area contributed by atoms with Gasteiger partial charge in [0.15, 0.2) is 0 Å². The maximum absolute atomic E-state index is 10.8. The van der Waals surface area contributed by atoms with Gasteiger partial charge < -0.3 is 20.1 Å². The third kappa shape index (κ3) is 5.21. The molecule has 0 spiro atoms. The zero-order valence-electron chi connectivity index (χ0n) is 14.3. The van der Waals surface area contributed by atoms with Crippen LogP contribution in [-0.4, -0.2) is 33.7 Å². The van der Waals surface area contributed by atoms with Crippen molar-refractivity contribution in [1.29, 1.82) is 0 Å². The van der Waals surface area contributed by atoms with Crippen molar-refractivity contribution in [2.24, 2.45) is 0 Å². The average Bonchev–Trinajstić information content (AvgIpc) is 2.54. The lowest BCUT2D eigenvalue weighted by Gasteiger charge is -2.28. The molecule has 0 aliphatic carbocycles. The van der Waals surface area contributed by atoms with Gasteiger partial charge in [0.2, 0.25) is 6.29 Å². The summed E-state index contributed by atoms with van der Waals surface area (Å²) >= 11 is 0. The topological polar surface area (TPSA) is 87.0 Å². The highest BCUT2D eigenvalue weighted by molar-refractivity contribution is 5.66. The first-order chi connectivity index (χ1) is 11.5. The summed E-state index contributed by atoms with van der Waals surface area (Å²) in [6, 6.07) is 5.94. The molecule has 1 aromatic rings. The summed E-state index contributed by atoms with van der Waals surface area (Å²) in [4.78, 5) is 10.8.